The summed E-state index contributed by atoms with van der Waals surface area (Å²) in [7, 11) is 0. The van der Waals surface area contributed by atoms with E-state index < -0.39 is 29.5 Å². The van der Waals surface area contributed by atoms with Crippen LogP contribution in [0.2, 0.25) is 0 Å². The Kier molecular flexibility index (Phi) is 5.61. The van der Waals surface area contributed by atoms with Gasteiger partial charge in [-0.2, -0.15) is 0 Å². The van der Waals surface area contributed by atoms with E-state index >= 15 is 0 Å². The minimum Gasteiger partial charge on any atom is -0.465 e. The molecule has 1 unspecified atom stereocenters. The molecule has 0 heterocycles. The Labute approximate surface area is 120 Å². The Morgan fingerprint density at radius 3 is 2.33 bits per heavy atom. The van der Waals surface area contributed by atoms with Crippen molar-refractivity contribution in [3.63, 3.8) is 0 Å². The minimum absolute atomic E-state index is 0.0341. The van der Waals surface area contributed by atoms with Gasteiger partial charge >= 0.3 is 6.09 Å². The Bertz CT molecular complexity index is 531. The number of carboxylic acid groups (broad SMARTS) is 1. The van der Waals surface area contributed by atoms with Crippen molar-refractivity contribution in [2.24, 2.45) is 11.5 Å². The van der Waals surface area contributed by atoms with E-state index in [0.717, 1.165) is 10.5 Å². The highest BCUT2D eigenvalue weighted by Gasteiger charge is 2.18. The highest BCUT2D eigenvalue weighted by atomic mass is 16.6. The molecule has 1 rings (SSSR count). The lowest BCUT2D eigenvalue weighted by atomic mass is 10.1. The fraction of sp³-hybridized carbons (Fsp3) is 0.333. The van der Waals surface area contributed by atoms with Crippen LogP contribution in [0.15, 0.2) is 24.3 Å². The first-order valence-corrected chi connectivity index (χ1v) is 6.04. The zero-order valence-electron chi connectivity index (χ0n) is 11.1. The number of hydrogen-bond acceptors (Lipinski definition) is 5. The van der Waals surface area contributed by atoms with Crippen LogP contribution >= 0.6 is 0 Å². The monoisotopic (exact) mass is 296 g/mol. The van der Waals surface area contributed by atoms with Crippen LogP contribution in [-0.4, -0.2) is 46.1 Å². The van der Waals surface area contributed by atoms with E-state index in [1.165, 1.54) is 12.1 Å². The largest absolute Gasteiger partial charge is 0.465 e. The highest BCUT2D eigenvalue weighted by molar-refractivity contribution is 5.80. The summed E-state index contributed by atoms with van der Waals surface area (Å²) in [5.41, 5.74) is 11.5. The normalized spacial score (nSPS) is 11.7. The maximum atomic E-state index is 10.9. The summed E-state index contributed by atoms with van der Waals surface area (Å²) in [4.78, 5) is 32.5. The molecule has 0 radical (unpaired) electrons. The number of carbonyl (C=O) groups is 2. The first kappa shape index (κ1) is 16.4. The molecule has 0 aliphatic carbocycles. The van der Waals surface area contributed by atoms with E-state index in [1.54, 1.807) is 12.1 Å². The lowest BCUT2D eigenvalue weighted by Crippen LogP contribution is -2.45. The van der Waals surface area contributed by atoms with Crippen molar-refractivity contribution in [3.05, 3.63) is 39.9 Å². The quantitative estimate of drug-likeness (QED) is 0.473. The Morgan fingerprint density at radius 1 is 1.33 bits per heavy atom. The molecule has 0 aliphatic heterocycles. The van der Waals surface area contributed by atoms with Gasteiger partial charge in [0.25, 0.3) is 5.69 Å². The average Bonchev–Trinajstić information content (AvgIpc) is 2.37. The standard InChI is InChI=1S/C12H16N4O5/c13-9(6-15(12(18)19)7-11(14)17)5-8-1-3-10(4-2-8)16(20)21/h1-4,9H,5-7,13H2,(H2,14,17)(H,18,19). The number of nitro groups is 1. The zero-order chi connectivity index (χ0) is 16.0. The molecule has 0 aromatic heterocycles. The molecule has 5 N–H and O–H groups in total. The van der Waals surface area contributed by atoms with Crippen molar-refractivity contribution in [1.82, 2.24) is 4.90 Å². The van der Waals surface area contributed by atoms with Gasteiger partial charge < -0.3 is 16.6 Å². The Morgan fingerprint density at radius 2 is 1.90 bits per heavy atom. The number of nitro benzene ring substituents is 1. The van der Waals surface area contributed by atoms with Gasteiger partial charge in [0, 0.05) is 24.7 Å². The van der Waals surface area contributed by atoms with Gasteiger partial charge in [-0.3, -0.25) is 19.8 Å². The van der Waals surface area contributed by atoms with E-state index in [-0.39, 0.29) is 12.2 Å². The van der Waals surface area contributed by atoms with E-state index in [0.29, 0.717) is 6.42 Å². The summed E-state index contributed by atoms with van der Waals surface area (Å²) in [6, 6.07) is 5.25. The molecule has 1 aromatic rings. The third kappa shape index (κ3) is 5.45. The smallest absolute Gasteiger partial charge is 0.407 e. The predicted octanol–water partition coefficient (Wildman–Crippen LogP) is -0.0701. The fourth-order valence-electron chi connectivity index (χ4n) is 1.80. The van der Waals surface area contributed by atoms with Gasteiger partial charge in [0.15, 0.2) is 0 Å². The third-order valence-corrected chi connectivity index (χ3v) is 2.72. The van der Waals surface area contributed by atoms with Crippen molar-refractivity contribution in [2.75, 3.05) is 13.1 Å². The van der Waals surface area contributed by atoms with Crippen LogP contribution in [0.25, 0.3) is 0 Å². The molecular weight excluding hydrogens is 280 g/mol. The third-order valence-electron chi connectivity index (χ3n) is 2.72. The number of nitrogens with zero attached hydrogens (tertiary/aromatic N) is 2. The van der Waals surface area contributed by atoms with Crippen LogP contribution in [0.3, 0.4) is 0 Å². The molecule has 21 heavy (non-hydrogen) atoms. The van der Waals surface area contributed by atoms with Crippen molar-refractivity contribution in [1.29, 1.82) is 0 Å². The lowest BCUT2D eigenvalue weighted by molar-refractivity contribution is -0.384. The Balaban J connectivity index is 2.62. The van der Waals surface area contributed by atoms with Gasteiger partial charge in [0.1, 0.15) is 6.54 Å². The fourth-order valence-corrected chi connectivity index (χ4v) is 1.80. The molecule has 2 amide bonds. The van der Waals surface area contributed by atoms with E-state index in [9.17, 15) is 19.7 Å². The van der Waals surface area contributed by atoms with Gasteiger partial charge in [-0.25, -0.2) is 4.79 Å². The maximum absolute atomic E-state index is 10.9. The predicted molar refractivity (Wildman–Crippen MR) is 73.6 cm³/mol. The number of hydrogen-bond donors (Lipinski definition) is 3. The van der Waals surface area contributed by atoms with E-state index in [1.807, 2.05) is 0 Å². The molecular formula is C12H16N4O5. The van der Waals surface area contributed by atoms with Gasteiger partial charge in [0.05, 0.1) is 4.92 Å². The van der Waals surface area contributed by atoms with E-state index in [2.05, 4.69) is 0 Å². The van der Waals surface area contributed by atoms with E-state index in [4.69, 9.17) is 16.6 Å². The van der Waals surface area contributed by atoms with Gasteiger partial charge in [0.2, 0.25) is 5.91 Å². The molecule has 0 fully saturated rings. The second-order valence-electron chi connectivity index (χ2n) is 4.52. The molecule has 0 spiro atoms. The highest BCUT2D eigenvalue weighted by Crippen LogP contribution is 2.13. The molecule has 0 saturated heterocycles. The van der Waals surface area contributed by atoms with Gasteiger partial charge in [-0.1, -0.05) is 12.1 Å². The van der Waals surface area contributed by atoms with Crippen LogP contribution < -0.4 is 11.5 Å². The van der Waals surface area contributed by atoms with Crippen LogP contribution in [0.5, 0.6) is 0 Å². The topological polar surface area (TPSA) is 153 Å². The number of rotatable bonds is 7. The van der Waals surface area contributed by atoms with Crippen LogP contribution in [0, 0.1) is 10.1 Å². The number of primary amides is 1. The summed E-state index contributed by atoms with van der Waals surface area (Å²) >= 11 is 0. The molecule has 9 heteroatoms. The van der Waals surface area contributed by atoms with Crippen LogP contribution in [-0.2, 0) is 11.2 Å². The first-order valence-electron chi connectivity index (χ1n) is 6.04. The van der Waals surface area contributed by atoms with Crippen LogP contribution in [0.1, 0.15) is 5.56 Å². The Hall–Kier alpha value is -2.68. The van der Waals surface area contributed by atoms with Crippen molar-refractivity contribution in [2.45, 2.75) is 12.5 Å². The lowest BCUT2D eigenvalue weighted by Gasteiger charge is -2.21. The van der Waals surface area contributed by atoms with Gasteiger partial charge in [-0.05, 0) is 12.0 Å². The molecule has 0 bridgehead atoms. The first-order chi connectivity index (χ1) is 9.79. The maximum Gasteiger partial charge on any atom is 0.407 e. The summed E-state index contributed by atoms with van der Waals surface area (Å²) in [6.45, 7) is -0.488. The van der Waals surface area contributed by atoms with Crippen molar-refractivity contribution >= 4 is 17.7 Å². The second-order valence-corrected chi connectivity index (χ2v) is 4.52. The average molecular weight is 296 g/mol. The molecule has 114 valence electrons. The molecule has 0 aliphatic rings. The minimum atomic E-state index is -1.28. The molecule has 0 saturated carbocycles. The SMILES string of the molecule is NC(=O)CN(CC(N)Cc1ccc([N+](=O)[O-])cc1)C(=O)O. The van der Waals surface area contributed by atoms with Crippen LogP contribution in [0.4, 0.5) is 10.5 Å². The summed E-state index contributed by atoms with van der Waals surface area (Å²) in [6.07, 6.45) is -0.964. The summed E-state index contributed by atoms with van der Waals surface area (Å²) in [5, 5.41) is 19.4. The zero-order valence-corrected chi connectivity index (χ0v) is 11.1. The van der Waals surface area contributed by atoms with Crippen molar-refractivity contribution in [3.8, 4) is 0 Å². The number of benzene rings is 1. The number of nitrogens with two attached hydrogens (primary N) is 2. The summed E-state index contributed by atoms with van der Waals surface area (Å²) in [5.74, 6) is -0.764. The number of non-ortho nitro benzene ring substituents is 1. The molecule has 9 nitrogen and oxygen atoms in total. The summed E-state index contributed by atoms with van der Waals surface area (Å²) < 4.78 is 0. The van der Waals surface area contributed by atoms with Gasteiger partial charge in [-0.15, -0.1) is 0 Å². The number of carbonyl (C=O) groups excluding carboxylic acids is 1. The second kappa shape index (κ2) is 7.20. The molecule has 1 atom stereocenters. The number of amides is 2. The van der Waals surface area contributed by atoms with Crippen molar-refractivity contribution < 1.29 is 19.6 Å². The molecule has 1 aromatic carbocycles.